The van der Waals surface area contributed by atoms with Gasteiger partial charge < -0.3 is 9.84 Å². The standard InChI is InChI=1S/C30H47N3O2/c1-21-10-14-26(35-19-18-32-33-31)20-25(21)13-12-24-8-7-17-30(6)27(15-16-28(24)30)22(2)9-11-23(3)29(4,5)34/h9,11-13,22-23,26-28,34H,1,7-8,10,14-20H2,2-6H3/b11-9+,24-12+,25-13-/t22-,23+,26+,27-,28+,30-/m1/s1. The van der Waals surface area contributed by atoms with Crippen LogP contribution in [0.3, 0.4) is 0 Å². The smallest absolute Gasteiger partial charge is 0.0651 e. The van der Waals surface area contributed by atoms with Crippen molar-refractivity contribution in [1.29, 1.82) is 0 Å². The molecule has 0 radical (unpaired) electrons. The highest BCUT2D eigenvalue weighted by molar-refractivity contribution is 5.36. The number of rotatable bonds is 9. The third-order valence-corrected chi connectivity index (χ3v) is 9.27. The average Bonchev–Trinajstić information content (AvgIpc) is 3.17. The van der Waals surface area contributed by atoms with Gasteiger partial charge in [-0.05, 0) is 99.5 Å². The Hall–Kier alpha value is -1.81. The first kappa shape index (κ1) is 27.8. The van der Waals surface area contributed by atoms with Gasteiger partial charge in [0.25, 0.3) is 0 Å². The van der Waals surface area contributed by atoms with Crippen molar-refractivity contribution in [2.24, 2.45) is 34.2 Å². The number of ether oxygens (including phenoxy) is 1. The van der Waals surface area contributed by atoms with Crippen molar-refractivity contribution in [3.63, 3.8) is 0 Å². The molecule has 0 aliphatic heterocycles. The number of hydrogen-bond donors (Lipinski definition) is 1. The van der Waals surface area contributed by atoms with Crippen LogP contribution in [-0.2, 0) is 4.74 Å². The van der Waals surface area contributed by atoms with Crippen LogP contribution in [0, 0.1) is 29.1 Å². The van der Waals surface area contributed by atoms with Crippen LogP contribution < -0.4 is 0 Å². The highest BCUT2D eigenvalue weighted by atomic mass is 16.5. The second-order valence-electron chi connectivity index (χ2n) is 12.0. The van der Waals surface area contributed by atoms with Crippen LogP contribution in [0.2, 0.25) is 0 Å². The van der Waals surface area contributed by atoms with Crippen LogP contribution in [0.5, 0.6) is 0 Å². The molecule has 5 heteroatoms. The lowest BCUT2D eigenvalue weighted by atomic mass is 9.61. The first-order valence-electron chi connectivity index (χ1n) is 13.7. The van der Waals surface area contributed by atoms with Gasteiger partial charge in [-0.15, -0.1) is 0 Å². The molecule has 35 heavy (non-hydrogen) atoms. The van der Waals surface area contributed by atoms with Gasteiger partial charge in [-0.3, -0.25) is 0 Å². The van der Waals surface area contributed by atoms with Gasteiger partial charge in [-0.1, -0.05) is 67.9 Å². The third-order valence-electron chi connectivity index (χ3n) is 9.27. The second kappa shape index (κ2) is 12.0. The SMILES string of the molecule is C=C1CC[C@H](OCCN=[N+]=[N-])C/C1=C/C=C1\CCC[C@]2(C)[C@@H]([C@H](C)/C=C/[C@H](C)C(C)(C)O)CC[C@@H]12. The molecular formula is C30H47N3O2. The molecular weight excluding hydrogens is 434 g/mol. The van der Waals surface area contributed by atoms with E-state index in [2.05, 4.69) is 61.7 Å². The van der Waals surface area contributed by atoms with Crippen molar-refractivity contribution >= 4 is 0 Å². The summed E-state index contributed by atoms with van der Waals surface area (Å²) in [6.45, 7) is 16.0. The van der Waals surface area contributed by atoms with Crippen LogP contribution >= 0.6 is 0 Å². The van der Waals surface area contributed by atoms with Crippen LogP contribution in [0.15, 0.2) is 52.7 Å². The van der Waals surface area contributed by atoms with Gasteiger partial charge in [0.1, 0.15) is 0 Å². The highest BCUT2D eigenvalue weighted by Crippen LogP contribution is 2.59. The third kappa shape index (κ3) is 6.90. The maximum Gasteiger partial charge on any atom is 0.0651 e. The van der Waals surface area contributed by atoms with E-state index in [9.17, 15) is 5.11 Å². The summed E-state index contributed by atoms with van der Waals surface area (Å²) in [5.41, 5.74) is 12.3. The summed E-state index contributed by atoms with van der Waals surface area (Å²) in [6, 6.07) is 0. The summed E-state index contributed by atoms with van der Waals surface area (Å²) in [5, 5.41) is 13.9. The Kier molecular flexibility index (Phi) is 9.48. The number of azide groups is 1. The molecule has 3 aliphatic carbocycles. The molecule has 0 aromatic carbocycles. The van der Waals surface area contributed by atoms with Crippen LogP contribution in [0.4, 0.5) is 0 Å². The summed E-state index contributed by atoms with van der Waals surface area (Å²) < 4.78 is 5.95. The number of allylic oxidation sites excluding steroid dienone is 5. The van der Waals surface area contributed by atoms with Crippen molar-refractivity contribution in [3.05, 3.63) is 58.0 Å². The molecule has 1 N–H and O–H groups in total. The summed E-state index contributed by atoms with van der Waals surface area (Å²) >= 11 is 0. The van der Waals surface area contributed by atoms with Crippen molar-refractivity contribution in [2.75, 3.05) is 13.2 Å². The summed E-state index contributed by atoms with van der Waals surface area (Å²) in [5.74, 6) is 2.02. The van der Waals surface area contributed by atoms with Crippen LogP contribution in [0.25, 0.3) is 10.4 Å². The molecule has 3 saturated carbocycles. The quantitative estimate of drug-likeness (QED) is 0.119. The molecule has 0 bridgehead atoms. The minimum absolute atomic E-state index is 0.152. The molecule has 5 nitrogen and oxygen atoms in total. The molecule has 3 fully saturated rings. The van der Waals surface area contributed by atoms with E-state index in [0.717, 1.165) is 19.3 Å². The van der Waals surface area contributed by atoms with Crippen molar-refractivity contribution < 1.29 is 9.84 Å². The lowest BCUT2D eigenvalue weighted by molar-refractivity contribution is 0.0436. The number of aliphatic hydroxyl groups is 1. The topological polar surface area (TPSA) is 78.2 Å². The van der Waals surface area contributed by atoms with Gasteiger partial charge in [0, 0.05) is 17.4 Å². The van der Waals surface area contributed by atoms with E-state index >= 15 is 0 Å². The Morgan fingerprint density at radius 2 is 2.00 bits per heavy atom. The molecule has 0 aromatic rings. The Morgan fingerprint density at radius 3 is 2.71 bits per heavy atom. The molecule has 0 aromatic heterocycles. The van der Waals surface area contributed by atoms with Crippen molar-refractivity contribution in [2.45, 2.75) is 97.7 Å². The number of fused-ring (bicyclic) bond motifs is 1. The van der Waals surface area contributed by atoms with Gasteiger partial charge in [0.05, 0.1) is 18.3 Å². The fraction of sp³-hybridized carbons (Fsp3) is 0.733. The van der Waals surface area contributed by atoms with E-state index in [1.165, 1.54) is 43.3 Å². The molecule has 194 valence electrons. The van der Waals surface area contributed by atoms with Gasteiger partial charge in [-0.2, -0.15) is 0 Å². The fourth-order valence-electron chi connectivity index (χ4n) is 6.68. The normalized spacial score (nSPS) is 33.7. The lowest BCUT2D eigenvalue weighted by Gasteiger charge is -2.44. The molecule has 0 saturated heterocycles. The van der Waals surface area contributed by atoms with Crippen LogP contribution in [0.1, 0.15) is 86.0 Å². The summed E-state index contributed by atoms with van der Waals surface area (Å²) in [7, 11) is 0. The Balaban J connectivity index is 1.69. The minimum Gasteiger partial charge on any atom is -0.390 e. The van der Waals surface area contributed by atoms with Gasteiger partial charge in [0.2, 0.25) is 0 Å². The van der Waals surface area contributed by atoms with E-state index in [1.807, 2.05) is 13.8 Å². The Morgan fingerprint density at radius 1 is 1.23 bits per heavy atom. The van der Waals surface area contributed by atoms with E-state index < -0.39 is 5.60 Å². The maximum atomic E-state index is 10.3. The second-order valence-corrected chi connectivity index (χ2v) is 12.0. The molecule has 3 rings (SSSR count). The number of hydrogen-bond acceptors (Lipinski definition) is 3. The largest absolute Gasteiger partial charge is 0.390 e. The average molecular weight is 482 g/mol. The predicted octanol–water partition coefficient (Wildman–Crippen LogP) is 8.09. The molecule has 0 spiro atoms. The van der Waals surface area contributed by atoms with E-state index in [-0.39, 0.29) is 12.0 Å². The van der Waals surface area contributed by atoms with Crippen molar-refractivity contribution in [1.82, 2.24) is 0 Å². The van der Waals surface area contributed by atoms with Gasteiger partial charge in [0.15, 0.2) is 0 Å². The fourth-order valence-corrected chi connectivity index (χ4v) is 6.68. The highest BCUT2D eigenvalue weighted by Gasteiger charge is 2.50. The first-order valence-corrected chi connectivity index (χ1v) is 13.7. The van der Waals surface area contributed by atoms with Gasteiger partial charge >= 0.3 is 0 Å². The molecule has 0 unspecified atom stereocenters. The molecule has 6 atom stereocenters. The van der Waals surface area contributed by atoms with Crippen molar-refractivity contribution in [3.8, 4) is 0 Å². The molecule has 0 amide bonds. The lowest BCUT2D eigenvalue weighted by Crippen LogP contribution is -2.35. The van der Waals surface area contributed by atoms with Crippen LogP contribution in [-0.4, -0.2) is 30.0 Å². The summed E-state index contributed by atoms with van der Waals surface area (Å²) in [6.07, 6.45) is 18.7. The molecule has 3 aliphatic rings. The molecule has 0 heterocycles. The van der Waals surface area contributed by atoms with E-state index in [0.29, 0.717) is 36.3 Å². The monoisotopic (exact) mass is 481 g/mol. The zero-order valence-electron chi connectivity index (χ0n) is 22.7. The van der Waals surface area contributed by atoms with Gasteiger partial charge in [-0.25, -0.2) is 0 Å². The first-order chi connectivity index (χ1) is 16.6. The Bertz CT molecular complexity index is 890. The number of nitrogens with zero attached hydrogens (tertiary/aromatic N) is 3. The minimum atomic E-state index is -0.676. The predicted molar refractivity (Wildman–Crippen MR) is 145 cm³/mol. The van der Waals surface area contributed by atoms with E-state index in [4.69, 9.17) is 10.3 Å². The Labute approximate surface area is 213 Å². The zero-order valence-corrected chi connectivity index (χ0v) is 22.7. The zero-order chi connectivity index (χ0) is 25.6. The van der Waals surface area contributed by atoms with E-state index in [1.54, 1.807) is 5.57 Å². The maximum absolute atomic E-state index is 10.3. The summed E-state index contributed by atoms with van der Waals surface area (Å²) in [4.78, 5) is 2.80.